The van der Waals surface area contributed by atoms with Crippen molar-refractivity contribution in [1.29, 1.82) is 0 Å². The number of aromatic nitrogens is 6. The second kappa shape index (κ2) is 7.40. The first kappa shape index (κ1) is 18.5. The fourth-order valence-corrected chi connectivity index (χ4v) is 3.58. The summed E-state index contributed by atoms with van der Waals surface area (Å²) in [5.74, 6) is 2.27. The lowest BCUT2D eigenvalue weighted by atomic mass is 10.1. The number of fused-ring (bicyclic) bond motifs is 1. The number of aromatic amines is 2. The fraction of sp³-hybridized carbons (Fsp3) is 0.333. The molecule has 1 saturated carbocycles. The van der Waals surface area contributed by atoms with E-state index < -0.39 is 0 Å². The van der Waals surface area contributed by atoms with E-state index in [-0.39, 0.29) is 11.9 Å². The molecule has 0 aliphatic heterocycles. The van der Waals surface area contributed by atoms with E-state index in [4.69, 9.17) is 0 Å². The zero-order valence-corrected chi connectivity index (χ0v) is 16.9. The Morgan fingerprint density at radius 2 is 2.07 bits per heavy atom. The van der Waals surface area contributed by atoms with Crippen LogP contribution < -0.4 is 10.2 Å². The van der Waals surface area contributed by atoms with E-state index in [0.717, 1.165) is 22.5 Å². The first-order valence-electron chi connectivity index (χ1n) is 10.1. The molecule has 0 spiro atoms. The van der Waals surface area contributed by atoms with Gasteiger partial charge in [-0.1, -0.05) is 0 Å². The maximum Gasteiger partial charge on any atom is 0.227 e. The highest BCUT2D eigenvalue weighted by molar-refractivity contribution is 5.82. The summed E-state index contributed by atoms with van der Waals surface area (Å²) in [6, 6.07) is 6.94. The van der Waals surface area contributed by atoms with Crippen molar-refractivity contribution in [2.24, 2.45) is 0 Å². The Bertz CT molecular complexity index is 1180. The number of nitrogens with zero attached hydrogens (tertiary/aromatic N) is 5. The number of nitrogens with one attached hydrogen (secondary N) is 3. The highest BCUT2D eigenvalue weighted by Crippen LogP contribution is 2.39. The molecule has 1 aliphatic carbocycles. The number of rotatable bonds is 7. The average molecular weight is 406 g/mol. The van der Waals surface area contributed by atoms with Crippen molar-refractivity contribution >= 4 is 28.5 Å². The van der Waals surface area contributed by atoms with E-state index in [1.807, 2.05) is 17.0 Å². The molecule has 0 unspecified atom stereocenters. The normalized spacial score (nSPS) is 13.9. The smallest absolute Gasteiger partial charge is 0.227 e. The van der Waals surface area contributed by atoms with Gasteiger partial charge in [0.05, 0.1) is 11.7 Å². The van der Waals surface area contributed by atoms with E-state index in [9.17, 15) is 4.39 Å². The number of anilines is 3. The van der Waals surface area contributed by atoms with E-state index in [1.54, 1.807) is 18.5 Å². The standard InChI is InChI=1S/C21H23FN8/c1-12(2)30(11-14-7-15(22)8-18-16(14)10-24-27-18)21-23-6-5-19(26-21)25-20-9-17(28-29-20)13-3-4-13/h5-10,12-13H,3-4,11H2,1-2H3,(H,24,27)(H2,23,25,26,28,29). The Hall–Kier alpha value is -3.49. The van der Waals surface area contributed by atoms with Crippen LogP contribution in [0.2, 0.25) is 0 Å². The molecule has 4 aromatic rings. The molecule has 3 heterocycles. The minimum absolute atomic E-state index is 0.109. The van der Waals surface area contributed by atoms with Crippen molar-refractivity contribution in [3.63, 3.8) is 0 Å². The molecule has 5 rings (SSSR count). The summed E-state index contributed by atoms with van der Waals surface area (Å²) < 4.78 is 14.1. The highest BCUT2D eigenvalue weighted by atomic mass is 19.1. The van der Waals surface area contributed by atoms with Gasteiger partial charge in [0.1, 0.15) is 11.6 Å². The largest absolute Gasteiger partial charge is 0.334 e. The maximum atomic E-state index is 14.1. The lowest BCUT2D eigenvalue weighted by molar-refractivity contribution is 0.621. The lowest BCUT2D eigenvalue weighted by Gasteiger charge is -2.27. The molecule has 0 saturated heterocycles. The molecule has 0 atom stereocenters. The fourth-order valence-electron chi connectivity index (χ4n) is 3.58. The summed E-state index contributed by atoms with van der Waals surface area (Å²) in [6.45, 7) is 4.58. The van der Waals surface area contributed by atoms with Gasteiger partial charge in [0.25, 0.3) is 0 Å². The Morgan fingerprint density at radius 3 is 2.87 bits per heavy atom. The van der Waals surface area contributed by atoms with E-state index in [1.165, 1.54) is 18.9 Å². The molecule has 3 N–H and O–H groups in total. The molecule has 1 fully saturated rings. The van der Waals surface area contributed by atoms with Gasteiger partial charge in [0, 0.05) is 41.8 Å². The summed E-state index contributed by atoms with van der Waals surface area (Å²) in [7, 11) is 0. The van der Waals surface area contributed by atoms with Crippen LogP contribution in [0.4, 0.5) is 22.0 Å². The van der Waals surface area contributed by atoms with Gasteiger partial charge in [-0.05, 0) is 50.5 Å². The summed E-state index contributed by atoms with van der Waals surface area (Å²) >= 11 is 0. The molecule has 9 heteroatoms. The van der Waals surface area contributed by atoms with Crippen molar-refractivity contribution in [1.82, 2.24) is 30.4 Å². The van der Waals surface area contributed by atoms with Crippen molar-refractivity contribution < 1.29 is 4.39 Å². The van der Waals surface area contributed by atoms with E-state index in [2.05, 4.69) is 49.5 Å². The average Bonchev–Trinajstić information content (AvgIpc) is 3.28. The summed E-state index contributed by atoms with van der Waals surface area (Å²) in [4.78, 5) is 11.2. The minimum atomic E-state index is -0.299. The minimum Gasteiger partial charge on any atom is -0.334 e. The van der Waals surface area contributed by atoms with Crippen LogP contribution in [-0.4, -0.2) is 36.4 Å². The van der Waals surface area contributed by atoms with Crippen molar-refractivity contribution in [3.05, 3.63) is 53.7 Å². The van der Waals surface area contributed by atoms with Crippen LogP contribution >= 0.6 is 0 Å². The monoisotopic (exact) mass is 406 g/mol. The van der Waals surface area contributed by atoms with Crippen LogP contribution in [0, 0.1) is 5.82 Å². The van der Waals surface area contributed by atoms with Gasteiger partial charge in [-0.3, -0.25) is 10.2 Å². The summed E-state index contributed by atoms with van der Waals surface area (Å²) in [5.41, 5.74) is 2.66. The topological polar surface area (TPSA) is 98.4 Å². The van der Waals surface area contributed by atoms with Gasteiger partial charge in [-0.2, -0.15) is 15.2 Å². The Kier molecular flexibility index (Phi) is 4.57. The van der Waals surface area contributed by atoms with Crippen LogP contribution in [0.25, 0.3) is 10.9 Å². The molecule has 30 heavy (non-hydrogen) atoms. The summed E-state index contributed by atoms with van der Waals surface area (Å²) in [5, 5.41) is 18.4. The molecule has 0 radical (unpaired) electrons. The van der Waals surface area contributed by atoms with Crippen molar-refractivity contribution in [3.8, 4) is 0 Å². The van der Waals surface area contributed by atoms with Crippen LogP contribution in [-0.2, 0) is 6.54 Å². The predicted molar refractivity (Wildman–Crippen MR) is 113 cm³/mol. The van der Waals surface area contributed by atoms with Gasteiger partial charge in [-0.25, -0.2) is 9.37 Å². The molecule has 154 valence electrons. The number of H-pyrrole nitrogens is 2. The molecule has 0 amide bonds. The quantitative estimate of drug-likeness (QED) is 0.424. The highest BCUT2D eigenvalue weighted by Gasteiger charge is 2.25. The third-order valence-corrected chi connectivity index (χ3v) is 5.34. The number of halogens is 1. The maximum absolute atomic E-state index is 14.1. The molecule has 0 bridgehead atoms. The second-order valence-corrected chi connectivity index (χ2v) is 7.97. The first-order chi connectivity index (χ1) is 14.6. The lowest BCUT2D eigenvalue weighted by Crippen LogP contribution is -2.32. The van der Waals surface area contributed by atoms with Crippen molar-refractivity contribution in [2.75, 3.05) is 10.2 Å². The molecule has 8 nitrogen and oxygen atoms in total. The Balaban J connectivity index is 1.41. The van der Waals surface area contributed by atoms with Crippen LogP contribution in [0.5, 0.6) is 0 Å². The molecule has 1 aliphatic rings. The third kappa shape index (κ3) is 3.70. The van der Waals surface area contributed by atoms with Crippen molar-refractivity contribution in [2.45, 2.75) is 45.2 Å². The number of hydrogen-bond donors (Lipinski definition) is 3. The van der Waals surface area contributed by atoms with E-state index in [0.29, 0.717) is 29.7 Å². The van der Waals surface area contributed by atoms with Gasteiger partial charge in [0.2, 0.25) is 5.95 Å². The molecular formula is C21H23FN8. The number of hydrogen-bond acceptors (Lipinski definition) is 6. The number of benzene rings is 1. The van der Waals surface area contributed by atoms with Gasteiger partial charge in [-0.15, -0.1) is 0 Å². The van der Waals surface area contributed by atoms with Crippen LogP contribution in [0.15, 0.2) is 36.7 Å². The predicted octanol–water partition coefficient (Wildman–Crippen LogP) is 4.25. The van der Waals surface area contributed by atoms with E-state index >= 15 is 0 Å². The summed E-state index contributed by atoms with van der Waals surface area (Å²) in [6.07, 6.45) is 5.86. The molecule has 1 aromatic carbocycles. The van der Waals surface area contributed by atoms with Gasteiger partial charge < -0.3 is 10.2 Å². The SMILES string of the molecule is CC(C)N(Cc1cc(F)cc2[nH]ncc12)c1nccc(Nc2cc(C3CC3)[nH]n2)n1. The Morgan fingerprint density at radius 1 is 1.20 bits per heavy atom. The van der Waals surface area contributed by atoms with Crippen LogP contribution in [0.1, 0.15) is 43.9 Å². The van der Waals surface area contributed by atoms with Crippen LogP contribution in [0.3, 0.4) is 0 Å². The zero-order valence-electron chi connectivity index (χ0n) is 16.9. The van der Waals surface area contributed by atoms with Gasteiger partial charge >= 0.3 is 0 Å². The zero-order chi connectivity index (χ0) is 20.7. The second-order valence-electron chi connectivity index (χ2n) is 7.97. The molecular weight excluding hydrogens is 383 g/mol. The molecule has 3 aromatic heterocycles. The Labute approximate surface area is 172 Å². The first-order valence-corrected chi connectivity index (χ1v) is 10.1. The van der Waals surface area contributed by atoms with Gasteiger partial charge in [0.15, 0.2) is 5.82 Å². The third-order valence-electron chi connectivity index (χ3n) is 5.34.